The first-order valence-corrected chi connectivity index (χ1v) is 10.4. The van der Waals surface area contributed by atoms with Crippen LogP contribution in [0.25, 0.3) is 0 Å². The van der Waals surface area contributed by atoms with Gasteiger partial charge in [0.2, 0.25) is 0 Å². The van der Waals surface area contributed by atoms with Crippen molar-refractivity contribution < 1.29 is 32.3 Å². The molecule has 1 heterocycles. The molecule has 2 aliphatic rings. The van der Waals surface area contributed by atoms with Gasteiger partial charge in [-0.25, -0.2) is 4.79 Å². The van der Waals surface area contributed by atoms with Gasteiger partial charge >= 0.3 is 12.2 Å². The molecule has 0 aromatic heterocycles. The average molecular weight is 441 g/mol. The van der Waals surface area contributed by atoms with E-state index in [2.05, 4.69) is 0 Å². The van der Waals surface area contributed by atoms with E-state index < -0.39 is 35.7 Å². The quantitative estimate of drug-likeness (QED) is 0.538. The van der Waals surface area contributed by atoms with Crippen molar-refractivity contribution >= 4 is 17.8 Å². The van der Waals surface area contributed by atoms with Gasteiger partial charge in [0.15, 0.2) is 0 Å². The number of amides is 4. The zero-order valence-corrected chi connectivity index (χ0v) is 17.4. The highest BCUT2D eigenvalue weighted by molar-refractivity contribution is 6.10. The van der Waals surface area contributed by atoms with Crippen LogP contribution in [0.1, 0.15) is 62.7 Å². The van der Waals surface area contributed by atoms with Crippen molar-refractivity contribution in [2.24, 2.45) is 0 Å². The van der Waals surface area contributed by atoms with Crippen LogP contribution in [0.2, 0.25) is 0 Å². The molecule has 1 saturated heterocycles. The first-order valence-electron chi connectivity index (χ1n) is 10.4. The summed E-state index contributed by atoms with van der Waals surface area (Å²) in [7, 11) is 0. The minimum absolute atomic E-state index is 0.102. The highest BCUT2D eigenvalue weighted by atomic mass is 19.4. The molecule has 1 aromatic carbocycles. The number of hydrogen-bond acceptors (Lipinski definition) is 4. The van der Waals surface area contributed by atoms with Crippen LogP contribution in [-0.2, 0) is 4.79 Å². The summed E-state index contributed by atoms with van der Waals surface area (Å²) in [5, 5.41) is 3.46. The number of nitrogens with one attached hydrogen (secondary N) is 2. The normalized spacial score (nSPS) is 23.0. The molecule has 1 aliphatic carbocycles. The fourth-order valence-corrected chi connectivity index (χ4v) is 3.94. The smallest absolute Gasteiger partial charge is 0.440 e. The van der Waals surface area contributed by atoms with Gasteiger partial charge in [0, 0.05) is 11.6 Å². The Morgan fingerprint density at radius 3 is 2.23 bits per heavy atom. The van der Waals surface area contributed by atoms with Crippen LogP contribution in [0.15, 0.2) is 24.3 Å². The Balaban J connectivity index is 1.85. The van der Waals surface area contributed by atoms with E-state index in [1.54, 1.807) is 10.6 Å². The Labute approximate surface area is 178 Å². The highest BCUT2D eigenvalue weighted by Gasteiger charge is 2.69. The van der Waals surface area contributed by atoms with Crippen LogP contribution in [0.3, 0.4) is 0 Å². The Hall–Kier alpha value is -2.78. The lowest BCUT2D eigenvalue weighted by Crippen LogP contribution is -2.69. The molecule has 1 unspecified atom stereocenters. The molecule has 31 heavy (non-hydrogen) atoms. The maximum atomic E-state index is 14.0. The minimum atomic E-state index is -5.23. The molecule has 1 aliphatic heterocycles. The first-order chi connectivity index (χ1) is 14.5. The van der Waals surface area contributed by atoms with Crippen molar-refractivity contribution in [1.82, 2.24) is 15.5 Å². The summed E-state index contributed by atoms with van der Waals surface area (Å²) in [6.45, 7) is 3.62. The lowest BCUT2D eigenvalue weighted by Gasteiger charge is -2.31. The molecule has 7 nitrogen and oxygen atoms in total. The fraction of sp³-hybridized carbons (Fsp3) is 0.571. The van der Waals surface area contributed by atoms with Crippen molar-refractivity contribution in [3.63, 3.8) is 0 Å². The molecule has 3 rings (SSSR count). The van der Waals surface area contributed by atoms with E-state index in [1.165, 1.54) is 24.3 Å². The SMILES string of the molecule is CC(C)Oc1ccc(C(=O)NC2(C(F)(F)F)NC(=O)N(C3CCCCCC3)C2=O)cc1. The Morgan fingerprint density at radius 1 is 1.13 bits per heavy atom. The van der Waals surface area contributed by atoms with Crippen molar-refractivity contribution in [2.75, 3.05) is 0 Å². The molecule has 1 atom stereocenters. The molecular formula is C21H26F3N3O4. The number of ether oxygens (including phenoxy) is 1. The van der Waals surface area contributed by atoms with E-state index in [4.69, 9.17) is 4.74 Å². The molecule has 0 spiro atoms. The van der Waals surface area contributed by atoms with E-state index in [1.807, 2.05) is 13.8 Å². The molecule has 0 radical (unpaired) electrons. The summed E-state index contributed by atoms with van der Waals surface area (Å²) >= 11 is 0. The maximum absolute atomic E-state index is 14.0. The largest absolute Gasteiger partial charge is 0.491 e. The van der Waals surface area contributed by atoms with Gasteiger partial charge in [0.1, 0.15) is 5.75 Å². The topological polar surface area (TPSA) is 87.7 Å². The molecule has 10 heteroatoms. The molecule has 170 valence electrons. The van der Waals surface area contributed by atoms with Crippen LogP contribution >= 0.6 is 0 Å². The zero-order valence-electron chi connectivity index (χ0n) is 17.4. The van der Waals surface area contributed by atoms with Crippen LogP contribution in [0, 0.1) is 0 Å². The first kappa shape index (κ1) is 22.9. The molecular weight excluding hydrogens is 415 g/mol. The number of hydrogen-bond donors (Lipinski definition) is 2. The third-order valence-corrected chi connectivity index (χ3v) is 5.46. The number of imide groups is 1. The predicted molar refractivity (Wildman–Crippen MR) is 105 cm³/mol. The zero-order chi connectivity index (χ0) is 22.8. The van der Waals surface area contributed by atoms with E-state index >= 15 is 0 Å². The number of benzene rings is 1. The van der Waals surface area contributed by atoms with E-state index in [0.717, 1.165) is 25.7 Å². The monoisotopic (exact) mass is 441 g/mol. The molecule has 1 saturated carbocycles. The maximum Gasteiger partial charge on any atom is 0.440 e. The third kappa shape index (κ3) is 4.62. The molecule has 2 N–H and O–H groups in total. The van der Waals surface area contributed by atoms with Crippen molar-refractivity contribution in [3.8, 4) is 5.75 Å². The number of urea groups is 1. The van der Waals surface area contributed by atoms with Crippen LogP contribution in [0.5, 0.6) is 5.75 Å². The molecule has 0 bridgehead atoms. The lowest BCUT2D eigenvalue weighted by molar-refractivity contribution is -0.200. The second-order valence-corrected chi connectivity index (χ2v) is 8.14. The highest BCUT2D eigenvalue weighted by Crippen LogP contribution is 2.36. The van der Waals surface area contributed by atoms with Crippen LogP contribution in [0.4, 0.5) is 18.0 Å². The summed E-state index contributed by atoms with van der Waals surface area (Å²) in [5.74, 6) is -2.18. The van der Waals surface area contributed by atoms with Gasteiger partial charge in [-0.2, -0.15) is 13.2 Å². The summed E-state index contributed by atoms with van der Waals surface area (Å²) in [4.78, 5) is 38.6. The van der Waals surface area contributed by atoms with Gasteiger partial charge in [-0.3, -0.25) is 19.8 Å². The summed E-state index contributed by atoms with van der Waals surface area (Å²) in [6, 6.07) is 3.71. The van der Waals surface area contributed by atoms with E-state index in [0.29, 0.717) is 23.5 Å². The third-order valence-electron chi connectivity index (χ3n) is 5.46. The Kier molecular flexibility index (Phi) is 6.47. The number of carbonyl (C=O) groups excluding carboxylic acids is 3. The number of nitrogens with zero attached hydrogens (tertiary/aromatic N) is 1. The second kappa shape index (κ2) is 8.76. The van der Waals surface area contributed by atoms with Gasteiger partial charge < -0.3 is 10.1 Å². The number of rotatable bonds is 5. The standard InChI is InChI=1S/C21H26F3N3O4/c1-13(2)31-16-11-9-14(10-12-16)17(28)25-20(21(22,23)24)18(29)27(19(30)26-20)15-7-5-3-4-6-8-15/h9-13,15H,3-8H2,1-2H3,(H,25,28)(H,26,30). The van der Waals surface area contributed by atoms with E-state index in [9.17, 15) is 27.6 Å². The lowest BCUT2D eigenvalue weighted by atomic mass is 10.0. The van der Waals surface area contributed by atoms with Gasteiger partial charge in [0.25, 0.3) is 17.5 Å². The number of halogens is 3. The van der Waals surface area contributed by atoms with Crippen molar-refractivity contribution in [2.45, 2.75) is 76.4 Å². The predicted octanol–water partition coefficient (Wildman–Crippen LogP) is 3.74. The summed E-state index contributed by atoms with van der Waals surface area (Å²) < 4.78 is 47.6. The van der Waals surface area contributed by atoms with Crippen molar-refractivity contribution in [1.29, 1.82) is 0 Å². The van der Waals surface area contributed by atoms with Gasteiger partial charge in [0.05, 0.1) is 6.10 Å². The van der Waals surface area contributed by atoms with Crippen LogP contribution in [-0.4, -0.2) is 46.7 Å². The fourth-order valence-electron chi connectivity index (χ4n) is 3.94. The second-order valence-electron chi connectivity index (χ2n) is 8.14. The van der Waals surface area contributed by atoms with E-state index in [-0.39, 0.29) is 11.7 Å². The summed E-state index contributed by atoms with van der Waals surface area (Å²) in [5.41, 5.74) is -3.60. The molecule has 1 aromatic rings. The summed E-state index contributed by atoms with van der Waals surface area (Å²) in [6.07, 6.45) is -1.22. The molecule has 4 amide bonds. The van der Waals surface area contributed by atoms with Gasteiger partial charge in [-0.1, -0.05) is 25.7 Å². The van der Waals surface area contributed by atoms with Crippen LogP contribution < -0.4 is 15.4 Å². The van der Waals surface area contributed by atoms with Crippen molar-refractivity contribution in [3.05, 3.63) is 29.8 Å². The average Bonchev–Trinajstić information content (AvgIpc) is 2.85. The Morgan fingerprint density at radius 2 is 1.71 bits per heavy atom. The van der Waals surface area contributed by atoms with Gasteiger partial charge in [-0.15, -0.1) is 0 Å². The van der Waals surface area contributed by atoms with Gasteiger partial charge in [-0.05, 0) is 51.0 Å². The minimum Gasteiger partial charge on any atom is -0.491 e. The molecule has 2 fully saturated rings. The Bertz CT molecular complexity index is 833. The number of alkyl halides is 3. The number of carbonyl (C=O) groups is 3.